The quantitative estimate of drug-likeness (QED) is 0.324. The van der Waals surface area contributed by atoms with Crippen molar-refractivity contribution in [3.05, 3.63) is 0 Å². The zero-order valence-electron chi connectivity index (χ0n) is 10.5. The summed E-state index contributed by atoms with van der Waals surface area (Å²) in [5, 5.41) is 2.98. The number of halogens is 1. The summed E-state index contributed by atoms with van der Waals surface area (Å²) in [5.41, 5.74) is 5.67. The number of nitrogens with two attached hydrogens (primary N) is 1. The van der Waals surface area contributed by atoms with E-state index in [2.05, 4.69) is 10.3 Å². The Morgan fingerprint density at radius 2 is 2.35 bits per heavy atom. The minimum Gasteiger partial charge on any atom is -0.383 e. The predicted molar refractivity (Wildman–Crippen MR) is 80.0 cm³/mol. The van der Waals surface area contributed by atoms with Crippen molar-refractivity contribution in [1.82, 2.24) is 5.32 Å². The minimum atomic E-state index is 0. The van der Waals surface area contributed by atoms with Crippen LogP contribution in [0.3, 0.4) is 0 Å². The molecule has 0 aliphatic carbocycles. The summed E-state index contributed by atoms with van der Waals surface area (Å²) in [6.45, 7) is 2.97. The molecule has 1 atom stereocenters. The highest BCUT2D eigenvalue weighted by Crippen LogP contribution is 2.15. The van der Waals surface area contributed by atoms with Crippen molar-refractivity contribution in [3.63, 3.8) is 0 Å². The first kappa shape index (κ1) is 16.9. The van der Waals surface area contributed by atoms with Crippen LogP contribution in [-0.2, 0) is 9.47 Å². The summed E-state index contributed by atoms with van der Waals surface area (Å²) < 4.78 is 10.5. The molecule has 1 rings (SSSR count). The Morgan fingerprint density at radius 1 is 1.53 bits per heavy atom. The molecule has 0 amide bonds. The van der Waals surface area contributed by atoms with Gasteiger partial charge < -0.3 is 20.5 Å². The van der Waals surface area contributed by atoms with E-state index in [1.807, 2.05) is 0 Å². The van der Waals surface area contributed by atoms with Crippen LogP contribution in [-0.4, -0.2) is 45.5 Å². The molecule has 5 nitrogen and oxygen atoms in total. The lowest BCUT2D eigenvalue weighted by atomic mass is 10.1. The van der Waals surface area contributed by atoms with Crippen LogP contribution in [0.15, 0.2) is 4.99 Å². The summed E-state index contributed by atoms with van der Waals surface area (Å²) in [6, 6.07) is 0. The fraction of sp³-hybridized carbons (Fsp3) is 0.909. The molecule has 1 aliphatic rings. The van der Waals surface area contributed by atoms with Gasteiger partial charge in [-0.3, -0.25) is 4.99 Å². The van der Waals surface area contributed by atoms with Crippen LogP contribution < -0.4 is 11.1 Å². The van der Waals surface area contributed by atoms with Crippen LogP contribution in [0.1, 0.15) is 25.7 Å². The molecule has 0 aromatic heterocycles. The van der Waals surface area contributed by atoms with Gasteiger partial charge >= 0.3 is 0 Å². The third kappa shape index (κ3) is 8.62. The SMILES string of the molecule is COCCNC(N)=NCCC1CCCCO1.I. The maximum Gasteiger partial charge on any atom is 0.188 e. The standard InChI is InChI=1S/C11H23N3O2.HI/c1-15-9-7-14-11(12)13-6-5-10-4-2-3-8-16-10;/h10H,2-9H2,1H3,(H3,12,13,14);1H. The normalized spacial score (nSPS) is 20.8. The predicted octanol–water partition coefficient (Wildman–Crippen LogP) is 1.11. The summed E-state index contributed by atoms with van der Waals surface area (Å²) >= 11 is 0. The number of nitrogens with zero attached hydrogens (tertiary/aromatic N) is 1. The number of hydrogen-bond donors (Lipinski definition) is 2. The third-order valence-electron chi connectivity index (χ3n) is 2.62. The molecule has 102 valence electrons. The van der Waals surface area contributed by atoms with Gasteiger partial charge in [-0.25, -0.2) is 0 Å². The molecular formula is C11H24IN3O2. The van der Waals surface area contributed by atoms with Crippen molar-refractivity contribution in [3.8, 4) is 0 Å². The molecule has 0 aromatic carbocycles. The number of guanidine groups is 1. The van der Waals surface area contributed by atoms with Gasteiger partial charge in [-0.1, -0.05) is 0 Å². The van der Waals surface area contributed by atoms with Gasteiger partial charge in [-0.05, 0) is 25.7 Å². The Bertz CT molecular complexity index is 209. The van der Waals surface area contributed by atoms with E-state index in [1.165, 1.54) is 12.8 Å². The first-order chi connectivity index (χ1) is 7.83. The monoisotopic (exact) mass is 357 g/mol. The molecule has 0 saturated carbocycles. The summed E-state index contributed by atoms with van der Waals surface area (Å²) in [6.07, 6.45) is 4.97. The highest BCUT2D eigenvalue weighted by atomic mass is 127. The van der Waals surface area contributed by atoms with Crippen LogP contribution in [0.5, 0.6) is 0 Å². The molecule has 1 fully saturated rings. The Hall–Kier alpha value is -0.0800. The van der Waals surface area contributed by atoms with Crippen molar-refractivity contribution in [1.29, 1.82) is 0 Å². The maximum absolute atomic E-state index is 5.67. The van der Waals surface area contributed by atoms with Gasteiger partial charge in [0.25, 0.3) is 0 Å². The highest BCUT2D eigenvalue weighted by Gasteiger charge is 2.12. The zero-order valence-corrected chi connectivity index (χ0v) is 12.8. The Labute approximate surface area is 121 Å². The van der Waals surface area contributed by atoms with Gasteiger partial charge in [0.05, 0.1) is 12.7 Å². The van der Waals surface area contributed by atoms with Gasteiger partial charge in [0.2, 0.25) is 0 Å². The van der Waals surface area contributed by atoms with E-state index in [-0.39, 0.29) is 24.0 Å². The lowest BCUT2D eigenvalue weighted by Gasteiger charge is -2.21. The Balaban J connectivity index is 0.00000256. The Kier molecular flexibility index (Phi) is 11.0. The molecule has 17 heavy (non-hydrogen) atoms. The Morgan fingerprint density at radius 3 is 3.00 bits per heavy atom. The van der Waals surface area contributed by atoms with E-state index < -0.39 is 0 Å². The van der Waals surface area contributed by atoms with Gasteiger partial charge in [0.15, 0.2) is 5.96 Å². The molecule has 1 aliphatic heterocycles. The van der Waals surface area contributed by atoms with Crippen molar-refractivity contribution in [2.45, 2.75) is 31.8 Å². The molecule has 0 spiro atoms. The molecule has 0 radical (unpaired) electrons. The van der Waals surface area contributed by atoms with Gasteiger partial charge in [0.1, 0.15) is 0 Å². The van der Waals surface area contributed by atoms with Crippen LogP contribution in [0.2, 0.25) is 0 Å². The van der Waals surface area contributed by atoms with Crippen molar-refractivity contribution in [2.75, 3.05) is 33.4 Å². The highest BCUT2D eigenvalue weighted by molar-refractivity contribution is 14.0. The van der Waals surface area contributed by atoms with E-state index >= 15 is 0 Å². The maximum atomic E-state index is 5.67. The number of hydrogen-bond acceptors (Lipinski definition) is 3. The molecule has 3 N–H and O–H groups in total. The molecular weight excluding hydrogens is 333 g/mol. The summed E-state index contributed by atoms with van der Waals surface area (Å²) in [7, 11) is 1.66. The summed E-state index contributed by atoms with van der Waals surface area (Å²) in [4.78, 5) is 4.24. The van der Waals surface area contributed by atoms with Crippen LogP contribution in [0.4, 0.5) is 0 Å². The molecule has 0 aromatic rings. The molecule has 0 bridgehead atoms. The van der Waals surface area contributed by atoms with E-state index in [0.717, 1.165) is 26.0 Å². The van der Waals surface area contributed by atoms with Gasteiger partial charge in [-0.15, -0.1) is 24.0 Å². The largest absolute Gasteiger partial charge is 0.383 e. The second-order valence-electron chi connectivity index (χ2n) is 3.96. The second-order valence-corrected chi connectivity index (χ2v) is 3.96. The van der Waals surface area contributed by atoms with E-state index in [1.54, 1.807) is 7.11 Å². The van der Waals surface area contributed by atoms with Gasteiger partial charge in [0, 0.05) is 26.8 Å². The number of rotatable bonds is 6. The topological polar surface area (TPSA) is 68.9 Å². The van der Waals surface area contributed by atoms with Crippen LogP contribution in [0, 0.1) is 0 Å². The van der Waals surface area contributed by atoms with Crippen molar-refractivity contribution < 1.29 is 9.47 Å². The lowest BCUT2D eigenvalue weighted by molar-refractivity contribution is 0.0129. The third-order valence-corrected chi connectivity index (χ3v) is 2.62. The molecule has 1 unspecified atom stereocenters. The summed E-state index contributed by atoms with van der Waals surface area (Å²) in [5.74, 6) is 0.493. The fourth-order valence-corrected chi connectivity index (χ4v) is 1.70. The number of aliphatic imine (C=N–C) groups is 1. The van der Waals surface area contributed by atoms with Crippen LogP contribution in [0.25, 0.3) is 0 Å². The lowest BCUT2D eigenvalue weighted by Crippen LogP contribution is -2.34. The van der Waals surface area contributed by atoms with Crippen molar-refractivity contribution in [2.24, 2.45) is 10.7 Å². The van der Waals surface area contributed by atoms with E-state index in [9.17, 15) is 0 Å². The molecule has 1 saturated heterocycles. The van der Waals surface area contributed by atoms with E-state index in [4.69, 9.17) is 15.2 Å². The van der Waals surface area contributed by atoms with Gasteiger partial charge in [-0.2, -0.15) is 0 Å². The average molecular weight is 357 g/mol. The molecule has 6 heteroatoms. The number of nitrogens with one attached hydrogen (secondary N) is 1. The second kappa shape index (κ2) is 11.0. The van der Waals surface area contributed by atoms with E-state index in [0.29, 0.717) is 25.2 Å². The number of methoxy groups -OCH3 is 1. The fourth-order valence-electron chi connectivity index (χ4n) is 1.70. The zero-order chi connectivity index (χ0) is 11.6. The number of ether oxygens (including phenoxy) is 2. The first-order valence-electron chi connectivity index (χ1n) is 5.97. The van der Waals surface area contributed by atoms with Crippen LogP contribution >= 0.6 is 24.0 Å². The smallest absolute Gasteiger partial charge is 0.188 e. The first-order valence-corrected chi connectivity index (χ1v) is 5.97. The average Bonchev–Trinajstić information content (AvgIpc) is 2.31. The molecule has 1 heterocycles. The van der Waals surface area contributed by atoms with Crippen molar-refractivity contribution >= 4 is 29.9 Å². The minimum absolute atomic E-state index is 0.